The average Bonchev–Trinajstić information content (AvgIpc) is 2.66. The van der Waals surface area contributed by atoms with Crippen LogP contribution >= 0.6 is 15.9 Å². The summed E-state index contributed by atoms with van der Waals surface area (Å²) in [6.45, 7) is 5.88. The SMILES string of the molecule is C=C(Br)CC(O)(CCCC)c1ccco1. The lowest BCUT2D eigenvalue weighted by atomic mass is 9.90. The van der Waals surface area contributed by atoms with Crippen molar-refractivity contribution in [1.82, 2.24) is 0 Å². The molecule has 1 atom stereocenters. The predicted octanol–water partition coefficient (Wildman–Crippen LogP) is 3.96. The second-order valence-corrected chi connectivity index (χ2v) is 4.93. The number of aliphatic hydroxyl groups is 1. The first-order chi connectivity index (χ1) is 7.08. The van der Waals surface area contributed by atoms with E-state index in [2.05, 4.69) is 29.4 Å². The van der Waals surface area contributed by atoms with Gasteiger partial charge in [0.2, 0.25) is 0 Å². The molecule has 1 aromatic heterocycles. The molecule has 1 rings (SSSR count). The fourth-order valence-corrected chi connectivity index (χ4v) is 2.09. The molecule has 0 aliphatic rings. The van der Waals surface area contributed by atoms with Gasteiger partial charge in [0, 0.05) is 6.42 Å². The Bertz CT molecular complexity index is 305. The maximum atomic E-state index is 10.5. The molecule has 1 N–H and O–H groups in total. The molecular formula is C12H17BrO2. The summed E-state index contributed by atoms with van der Waals surface area (Å²) in [6.07, 6.45) is 4.79. The van der Waals surface area contributed by atoms with Gasteiger partial charge < -0.3 is 9.52 Å². The molecule has 0 amide bonds. The average molecular weight is 273 g/mol. The van der Waals surface area contributed by atoms with E-state index in [9.17, 15) is 5.11 Å². The van der Waals surface area contributed by atoms with Gasteiger partial charge in [-0.1, -0.05) is 42.3 Å². The summed E-state index contributed by atoms with van der Waals surface area (Å²) in [4.78, 5) is 0. The monoisotopic (exact) mass is 272 g/mol. The first-order valence-electron chi connectivity index (χ1n) is 5.18. The van der Waals surface area contributed by atoms with Crippen LogP contribution < -0.4 is 0 Å². The van der Waals surface area contributed by atoms with E-state index in [-0.39, 0.29) is 0 Å². The standard InChI is InChI=1S/C12H17BrO2/c1-3-4-7-12(14,9-10(2)13)11-6-5-8-15-11/h5-6,8,14H,2-4,7,9H2,1H3. The summed E-state index contributed by atoms with van der Waals surface area (Å²) < 4.78 is 6.07. The van der Waals surface area contributed by atoms with Crippen molar-refractivity contribution in [3.8, 4) is 0 Å². The summed E-state index contributed by atoms with van der Waals surface area (Å²) in [5.41, 5.74) is -0.917. The van der Waals surface area contributed by atoms with E-state index in [0.717, 1.165) is 17.3 Å². The topological polar surface area (TPSA) is 33.4 Å². The van der Waals surface area contributed by atoms with E-state index in [1.54, 1.807) is 12.3 Å². The van der Waals surface area contributed by atoms with Gasteiger partial charge in [0.05, 0.1) is 6.26 Å². The Hall–Kier alpha value is -0.540. The largest absolute Gasteiger partial charge is 0.466 e. The van der Waals surface area contributed by atoms with Gasteiger partial charge in [0.1, 0.15) is 11.4 Å². The third-order valence-corrected chi connectivity index (χ3v) is 2.69. The predicted molar refractivity (Wildman–Crippen MR) is 64.8 cm³/mol. The van der Waals surface area contributed by atoms with Crippen LogP contribution in [0.15, 0.2) is 33.9 Å². The highest BCUT2D eigenvalue weighted by Gasteiger charge is 2.31. The van der Waals surface area contributed by atoms with E-state index in [0.29, 0.717) is 18.6 Å². The van der Waals surface area contributed by atoms with Crippen molar-refractivity contribution < 1.29 is 9.52 Å². The number of hydrogen-bond acceptors (Lipinski definition) is 2. The molecule has 15 heavy (non-hydrogen) atoms. The molecular weight excluding hydrogens is 256 g/mol. The van der Waals surface area contributed by atoms with Crippen LogP contribution in [0.1, 0.15) is 38.4 Å². The fraction of sp³-hybridized carbons (Fsp3) is 0.500. The second-order valence-electron chi connectivity index (χ2n) is 3.81. The highest BCUT2D eigenvalue weighted by atomic mass is 79.9. The van der Waals surface area contributed by atoms with Gasteiger partial charge in [0.25, 0.3) is 0 Å². The molecule has 0 fully saturated rings. The van der Waals surface area contributed by atoms with E-state index in [4.69, 9.17) is 4.42 Å². The molecule has 0 bridgehead atoms. The fourth-order valence-electron chi connectivity index (χ4n) is 1.63. The minimum absolute atomic E-state index is 0.487. The van der Waals surface area contributed by atoms with Crippen molar-refractivity contribution in [2.24, 2.45) is 0 Å². The Morgan fingerprint density at radius 1 is 1.67 bits per heavy atom. The summed E-state index contributed by atoms with van der Waals surface area (Å²) in [7, 11) is 0. The molecule has 0 aliphatic heterocycles. The van der Waals surface area contributed by atoms with E-state index < -0.39 is 5.60 Å². The summed E-state index contributed by atoms with van der Waals surface area (Å²) in [5, 5.41) is 10.5. The van der Waals surface area contributed by atoms with Crippen LogP contribution in [0.5, 0.6) is 0 Å². The Morgan fingerprint density at radius 2 is 2.40 bits per heavy atom. The van der Waals surface area contributed by atoms with Crippen LogP contribution in [0.2, 0.25) is 0 Å². The van der Waals surface area contributed by atoms with Crippen molar-refractivity contribution in [3.63, 3.8) is 0 Å². The number of hydrogen-bond donors (Lipinski definition) is 1. The molecule has 3 heteroatoms. The van der Waals surface area contributed by atoms with Crippen LogP contribution in [-0.4, -0.2) is 5.11 Å². The Labute approximate surface area is 99.1 Å². The van der Waals surface area contributed by atoms with Crippen molar-refractivity contribution >= 4 is 15.9 Å². The van der Waals surface area contributed by atoms with Crippen LogP contribution in [0, 0.1) is 0 Å². The number of unbranched alkanes of at least 4 members (excludes halogenated alkanes) is 1. The van der Waals surface area contributed by atoms with Gasteiger partial charge in [-0.05, 0) is 23.0 Å². The third-order valence-electron chi connectivity index (χ3n) is 2.41. The van der Waals surface area contributed by atoms with Crippen LogP contribution in [-0.2, 0) is 5.60 Å². The zero-order valence-corrected chi connectivity index (χ0v) is 10.6. The molecule has 1 heterocycles. The van der Waals surface area contributed by atoms with Crippen LogP contribution in [0.4, 0.5) is 0 Å². The van der Waals surface area contributed by atoms with E-state index >= 15 is 0 Å². The first kappa shape index (κ1) is 12.5. The van der Waals surface area contributed by atoms with Gasteiger partial charge in [-0.3, -0.25) is 0 Å². The molecule has 1 unspecified atom stereocenters. The highest BCUT2D eigenvalue weighted by molar-refractivity contribution is 9.11. The van der Waals surface area contributed by atoms with Crippen molar-refractivity contribution in [1.29, 1.82) is 0 Å². The molecule has 84 valence electrons. The van der Waals surface area contributed by atoms with Crippen LogP contribution in [0.3, 0.4) is 0 Å². The normalized spacial score (nSPS) is 14.9. The summed E-state index contributed by atoms with van der Waals surface area (Å²) >= 11 is 3.29. The minimum Gasteiger partial charge on any atom is -0.466 e. The first-order valence-corrected chi connectivity index (χ1v) is 5.97. The maximum Gasteiger partial charge on any atom is 0.135 e. The lowest BCUT2D eigenvalue weighted by molar-refractivity contribution is 0.00630. The maximum absolute atomic E-state index is 10.5. The Balaban J connectivity index is 2.80. The van der Waals surface area contributed by atoms with Gasteiger partial charge in [0.15, 0.2) is 0 Å². The Morgan fingerprint density at radius 3 is 2.87 bits per heavy atom. The van der Waals surface area contributed by atoms with Crippen LogP contribution in [0.25, 0.3) is 0 Å². The molecule has 0 spiro atoms. The van der Waals surface area contributed by atoms with Gasteiger partial charge in [-0.2, -0.15) is 0 Å². The number of furan rings is 1. The molecule has 0 aliphatic carbocycles. The molecule has 0 saturated heterocycles. The molecule has 1 aromatic rings. The molecule has 2 nitrogen and oxygen atoms in total. The quantitative estimate of drug-likeness (QED) is 0.851. The van der Waals surface area contributed by atoms with Crippen molar-refractivity contribution in [2.45, 2.75) is 38.2 Å². The van der Waals surface area contributed by atoms with E-state index in [1.807, 2.05) is 6.07 Å². The van der Waals surface area contributed by atoms with Gasteiger partial charge in [-0.25, -0.2) is 0 Å². The lowest BCUT2D eigenvalue weighted by Crippen LogP contribution is -2.25. The second kappa shape index (κ2) is 5.52. The third kappa shape index (κ3) is 3.50. The van der Waals surface area contributed by atoms with Gasteiger partial charge >= 0.3 is 0 Å². The highest BCUT2D eigenvalue weighted by Crippen LogP contribution is 2.34. The summed E-state index contributed by atoms with van der Waals surface area (Å²) in [5.74, 6) is 0.622. The number of rotatable bonds is 6. The zero-order chi connectivity index (χ0) is 11.3. The Kier molecular flexibility index (Phi) is 4.61. The minimum atomic E-state index is -0.917. The van der Waals surface area contributed by atoms with Crippen molar-refractivity contribution in [2.75, 3.05) is 0 Å². The molecule has 0 aromatic carbocycles. The molecule has 0 saturated carbocycles. The zero-order valence-electron chi connectivity index (χ0n) is 9.00. The molecule has 0 radical (unpaired) electrons. The van der Waals surface area contributed by atoms with Crippen molar-refractivity contribution in [3.05, 3.63) is 35.2 Å². The lowest BCUT2D eigenvalue weighted by Gasteiger charge is -2.25. The van der Waals surface area contributed by atoms with Gasteiger partial charge in [-0.15, -0.1) is 0 Å². The summed E-state index contributed by atoms with van der Waals surface area (Å²) in [6, 6.07) is 3.61. The number of halogens is 1. The smallest absolute Gasteiger partial charge is 0.135 e. The van der Waals surface area contributed by atoms with E-state index in [1.165, 1.54) is 0 Å².